The van der Waals surface area contributed by atoms with Crippen LogP contribution in [0.5, 0.6) is 0 Å². The van der Waals surface area contributed by atoms with Crippen molar-refractivity contribution < 1.29 is 19.2 Å². The first-order valence-electron chi connectivity index (χ1n) is 14.4. The van der Waals surface area contributed by atoms with Gasteiger partial charge in [0.05, 0.1) is 0 Å². The Morgan fingerprint density at radius 2 is 1.53 bits per heavy atom. The van der Waals surface area contributed by atoms with Gasteiger partial charge in [0.2, 0.25) is 17.6 Å². The van der Waals surface area contributed by atoms with Crippen molar-refractivity contribution in [1.82, 2.24) is 25.5 Å². The highest BCUT2D eigenvalue weighted by Crippen LogP contribution is 2.10. The topological polar surface area (TPSA) is 165 Å². The third-order valence-corrected chi connectivity index (χ3v) is 6.80. The molecule has 3 rings (SSSR count). The van der Waals surface area contributed by atoms with Gasteiger partial charge in [-0.3, -0.25) is 23.7 Å². The number of Topliss-reactive ketones (excluding diaryl/α,β-unsaturated/α-hetero) is 1. The van der Waals surface area contributed by atoms with E-state index in [2.05, 4.69) is 20.9 Å². The second-order valence-corrected chi connectivity index (χ2v) is 10.8. The molecule has 3 aromatic rings. The monoisotopic (exact) mass is 588 g/mol. The summed E-state index contributed by atoms with van der Waals surface area (Å²) in [5.74, 6) is -2.15. The van der Waals surface area contributed by atoms with Crippen molar-refractivity contribution in [3.63, 3.8) is 0 Å². The summed E-state index contributed by atoms with van der Waals surface area (Å²) in [6, 6.07) is 18.1. The standard InChI is InChI=1S/C32H40N6O5/c1-22(2)20-26(36-28(39)15-14-23-10-5-3-6-11-23)30(41)37-25(21-24-12-7-4-8-13-24)29(40)31(42)34-17-9-19-38-27(33)16-18-35-32(38)43/h3-8,10-13,16,18,22,25-26H,9,14-15,17,19-21,33H2,1-2H3,(H,34,42)(H,36,39)(H,37,41)/t25-,26-/m0/s1. The molecule has 2 aromatic carbocycles. The molecule has 2 atom stereocenters. The van der Waals surface area contributed by atoms with E-state index in [0.717, 1.165) is 11.1 Å². The van der Waals surface area contributed by atoms with E-state index in [1.165, 1.54) is 16.8 Å². The molecule has 0 spiro atoms. The SMILES string of the molecule is CC(C)C[C@H](NC(=O)CCc1ccccc1)C(=O)N[C@@H](Cc1ccccc1)C(=O)C(=O)NCCCn1c(N)ccnc1=O. The van der Waals surface area contributed by atoms with E-state index >= 15 is 0 Å². The molecular formula is C32H40N6O5. The minimum atomic E-state index is -1.15. The van der Waals surface area contributed by atoms with Crippen LogP contribution in [-0.2, 0) is 38.6 Å². The van der Waals surface area contributed by atoms with Gasteiger partial charge in [0.1, 0.15) is 17.9 Å². The van der Waals surface area contributed by atoms with E-state index in [1.807, 2.05) is 50.2 Å². The number of nitrogen functional groups attached to an aromatic ring is 1. The first kappa shape index (κ1) is 32.7. The molecule has 1 heterocycles. The van der Waals surface area contributed by atoms with Crippen molar-refractivity contribution in [2.75, 3.05) is 12.3 Å². The van der Waals surface area contributed by atoms with Crippen molar-refractivity contribution in [1.29, 1.82) is 0 Å². The number of anilines is 1. The molecule has 1 aromatic heterocycles. The number of nitrogens with zero attached hydrogens (tertiary/aromatic N) is 2. The Kier molecular flexibility index (Phi) is 12.6. The number of aryl methyl sites for hydroxylation is 1. The van der Waals surface area contributed by atoms with Crippen molar-refractivity contribution in [3.05, 3.63) is 94.5 Å². The van der Waals surface area contributed by atoms with Crippen LogP contribution in [0, 0.1) is 5.92 Å². The second kappa shape index (κ2) is 16.6. The van der Waals surface area contributed by atoms with Crippen molar-refractivity contribution in [2.45, 2.75) is 64.6 Å². The van der Waals surface area contributed by atoms with Crippen molar-refractivity contribution in [2.24, 2.45) is 5.92 Å². The minimum absolute atomic E-state index is 0.0816. The lowest BCUT2D eigenvalue weighted by molar-refractivity contribution is -0.140. The van der Waals surface area contributed by atoms with Crippen LogP contribution in [0.15, 0.2) is 77.7 Å². The Balaban J connectivity index is 1.64. The lowest BCUT2D eigenvalue weighted by Crippen LogP contribution is -2.55. The molecule has 0 aliphatic heterocycles. The fourth-order valence-electron chi connectivity index (χ4n) is 4.56. The maximum Gasteiger partial charge on any atom is 0.349 e. The molecule has 0 unspecified atom stereocenters. The summed E-state index contributed by atoms with van der Waals surface area (Å²) in [7, 11) is 0. The lowest BCUT2D eigenvalue weighted by Gasteiger charge is -2.24. The molecule has 0 bridgehead atoms. The largest absolute Gasteiger partial charge is 0.385 e. The summed E-state index contributed by atoms with van der Waals surface area (Å²) >= 11 is 0. The number of carbonyl (C=O) groups is 4. The van der Waals surface area contributed by atoms with Crippen LogP contribution in [0.1, 0.15) is 44.2 Å². The number of amides is 3. The number of rotatable bonds is 16. The number of ketones is 1. The second-order valence-electron chi connectivity index (χ2n) is 10.8. The number of nitrogens with two attached hydrogens (primary N) is 1. The average molecular weight is 589 g/mol. The van der Waals surface area contributed by atoms with E-state index in [-0.39, 0.29) is 43.6 Å². The van der Waals surface area contributed by atoms with Gasteiger partial charge in [-0.1, -0.05) is 74.5 Å². The Hall–Kier alpha value is -4.80. The van der Waals surface area contributed by atoms with Gasteiger partial charge in [-0.05, 0) is 42.4 Å². The zero-order valence-electron chi connectivity index (χ0n) is 24.6. The first-order chi connectivity index (χ1) is 20.6. The summed E-state index contributed by atoms with van der Waals surface area (Å²) < 4.78 is 1.27. The zero-order chi connectivity index (χ0) is 31.2. The highest BCUT2D eigenvalue weighted by atomic mass is 16.2. The molecule has 5 N–H and O–H groups in total. The van der Waals surface area contributed by atoms with Crippen molar-refractivity contribution in [3.8, 4) is 0 Å². The number of nitrogens with one attached hydrogen (secondary N) is 3. The molecule has 43 heavy (non-hydrogen) atoms. The normalized spacial score (nSPS) is 12.3. The molecule has 0 aliphatic rings. The van der Waals surface area contributed by atoms with Crippen LogP contribution in [0.3, 0.4) is 0 Å². The Labute approximate surface area is 251 Å². The molecule has 0 aliphatic carbocycles. The number of hydrogen-bond acceptors (Lipinski definition) is 7. The summed E-state index contributed by atoms with van der Waals surface area (Å²) in [4.78, 5) is 67.9. The molecule has 11 nitrogen and oxygen atoms in total. The molecule has 0 radical (unpaired) electrons. The van der Waals surface area contributed by atoms with Crippen LogP contribution in [0.4, 0.5) is 5.82 Å². The number of benzene rings is 2. The van der Waals surface area contributed by atoms with Crippen LogP contribution in [0.25, 0.3) is 0 Å². The maximum atomic E-state index is 13.4. The maximum absolute atomic E-state index is 13.4. The average Bonchev–Trinajstić information content (AvgIpc) is 2.99. The molecule has 0 fully saturated rings. The van der Waals surface area contributed by atoms with E-state index in [0.29, 0.717) is 19.3 Å². The van der Waals surface area contributed by atoms with E-state index < -0.39 is 35.4 Å². The van der Waals surface area contributed by atoms with Crippen LogP contribution in [-0.4, -0.2) is 51.7 Å². The molecular weight excluding hydrogens is 548 g/mol. The summed E-state index contributed by atoms with van der Waals surface area (Å²) in [6.45, 7) is 4.18. The smallest absolute Gasteiger partial charge is 0.349 e. The quantitative estimate of drug-likeness (QED) is 0.146. The van der Waals surface area contributed by atoms with Crippen LogP contribution >= 0.6 is 0 Å². The molecule has 0 saturated carbocycles. The first-order valence-corrected chi connectivity index (χ1v) is 14.4. The fraction of sp³-hybridized carbons (Fsp3) is 0.375. The molecule has 3 amide bonds. The molecule has 11 heteroatoms. The highest BCUT2D eigenvalue weighted by Gasteiger charge is 2.30. The fourth-order valence-corrected chi connectivity index (χ4v) is 4.56. The van der Waals surface area contributed by atoms with Gasteiger partial charge in [0.25, 0.3) is 5.91 Å². The van der Waals surface area contributed by atoms with E-state index in [1.54, 1.807) is 24.3 Å². The predicted molar refractivity (Wildman–Crippen MR) is 164 cm³/mol. The van der Waals surface area contributed by atoms with Crippen LogP contribution < -0.4 is 27.4 Å². The van der Waals surface area contributed by atoms with Gasteiger partial charge >= 0.3 is 5.69 Å². The molecule has 228 valence electrons. The summed E-state index contributed by atoms with van der Waals surface area (Å²) in [6.07, 6.45) is 2.83. The Morgan fingerprint density at radius 3 is 2.16 bits per heavy atom. The number of aromatic nitrogens is 2. The van der Waals surface area contributed by atoms with Crippen LogP contribution in [0.2, 0.25) is 0 Å². The Morgan fingerprint density at radius 1 is 0.884 bits per heavy atom. The van der Waals surface area contributed by atoms with Gasteiger partial charge in [-0.25, -0.2) is 9.78 Å². The lowest BCUT2D eigenvalue weighted by atomic mass is 9.99. The summed E-state index contributed by atoms with van der Waals surface area (Å²) in [5.41, 5.74) is 7.08. The highest BCUT2D eigenvalue weighted by molar-refractivity contribution is 6.38. The number of hydrogen-bond donors (Lipinski definition) is 4. The Bertz CT molecular complexity index is 1420. The number of carbonyl (C=O) groups excluding carboxylic acids is 4. The predicted octanol–water partition coefficient (Wildman–Crippen LogP) is 1.79. The minimum Gasteiger partial charge on any atom is -0.385 e. The zero-order valence-corrected chi connectivity index (χ0v) is 24.6. The van der Waals surface area contributed by atoms with E-state index in [4.69, 9.17) is 5.73 Å². The summed E-state index contributed by atoms with van der Waals surface area (Å²) in [5, 5.41) is 8.11. The van der Waals surface area contributed by atoms with Gasteiger partial charge in [-0.15, -0.1) is 0 Å². The van der Waals surface area contributed by atoms with E-state index in [9.17, 15) is 24.0 Å². The van der Waals surface area contributed by atoms with Gasteiger partial charge in [-0.2, -0.15) is 0 Å². The van der Waals surface area contributed by atoms with Gasteiger partial charge in [0.15, 0.2) is 0 Å². The molecule has 0 saturated heterocycles. The third kappa shape index (κ3) is 10.8. The van der Waals surface area contributed by atoms with Crippen molar-refractivity contribution >= 4 is 29.3 Å². The van der Waals surface area contributed by atoms with Gasteiger partial charge < -0.3 is 21.7 Å². The third-order valence-electron chi connectivity index (χ3n) is 6.80. The van der Waals surface area contributed by atoms with Gasteiger partial charge in [0, 0.05) is 32.1 Å².